The van der Waals surface area contributed by atoms with Gasteiger partial charge in [-0.2, -0.15) is 0 Å². The number of rotatable bonds is 9. The Morgan fingerprint density at radius 1 is 1.04 bits per heavy atom. The van der Waals surface area contributed by atoms with Crippen molar-refractivity contribution in [3.05, 3.63) is 58.6 Å². The van der Waals surface area contributed by atoms with Gasteiger partial charge in [0.1, 0.15) is 17.3 Å². The summed E-state index contributed by atoms with van der Waals surface area (Å²) < 4.78 is 32.0. The lowest BCUT2D eigenvalue weighted by atomic mass is 10.3. The van der Waals surface area contributed by atoms with Crippen LogP contribution in [0.25, 0.3) is 0 Å². The number of hydrogen-bond donors (Lipinski definition) is 2. The third-order valence-corrected chi connectivity index (χ3v) is 5.46. The number of amides is 1. The Balaban J connectivity index is 1.68. The van der Waals surface area contributed by atoms with Gasteiger partial charge in [-0.25, -0.2) is 13.1 Å². The van der Waals surface area contributed by atoms with E-state index in [9.17, 15) is 13.2 Å². The van der Waals surface area contributed by atoms with E-state index < -0.39 is 10.0 Å². The average Bonchev–Trinajstić information content (AvgIpc) is 2.59. The van der Waals surface area contributed by atoms with E-state index in [-0.39, 0.29) is 35.4 Å². The van der Waals surface area contributed by atoms with Gasteiger partial charge >= 0.3 is 0 Å². The molecule has 0 spiro atoms. The van der Waals surface area contributed by atoms with Gasteiger partial charge in [0, 0.05) is 18.0 Å². The van der Waals surface area contributed by atoms with Crippen LogP contribution >= 0.6 is 23.2 Å². The highest BCUT2D eigenvalue weighted by Crippen LogP contribution is 2.20. The topological polar surface area (TPSA) is 84.5 Å². The first kappa shape index (κ1) is 20.5. The molecule has 0 aliphatic heterocycles. The standard InChI is InChI=1S/C17H18Cl2N2O4S/c18-13-4-3-5-14(12-13)25-11-10-20-17(22)8-9-21-26(23,24)16-7-2-1-6-15(16)19/h1-7,12,21H,8-11H2,(H,20,22). The molecule has 2 rings (SSSR count). The highest BCUT2D eigenvalue weighted by Gasteiger charge is 2.17. The van der Waals surface area contributed by atoms with Gasteiger partial charge in [0.2, 0.25) is 15.9 Å². The monoisotopic (exact) mass is 416 g/mol. The highest BCUT2D eigenvalue weighted by atomic mass is 35.5. The van der Waals surface area contributed by atoms with Gasteiger partial charge in [-0.3, -0.25) is 4.79 Å². The first-order valence-electron chi connectivity index (χ1n) is 7.78. The number of carbonyl (C=O) groups excluding carboxylic acids is 1. The molecule has 1 amide bonds. The molecule has 2 aromatic rings. The summed E-state index contributed by atoms with van der Waals surface area (Å²) in [5.41, 5.74) is 0. The SMILES string of the molecule is O=C(CCNS(=O)(=O)c1ccccc1Cl)NCCOc1cccc(Cl)c1. The lowest BCUT2D eigenvalue weighted by Crippen LogP contribution is -2.32. The van der Waals surface area contributed by atoms with Crippen LogP contribution < -0.4 is 14.8 Å². The molecule has 0 aliphatic rings. The summed E-state index contributed by atoms with van der Waals surface area (Å²) in [5, 5.41) is 3.34. The number of nitrogens with one attached hydrogen (secondary N) is 2. The zero-order valence-corrected chi connectivity index (χ0v) is 16.1. The molecule has 6 nitrogen and oxygen atoms in total. The van der Waals surface area contributed by atoms with Crippen molar-refractivity contribution in [1.82, 2.24) is 10.0 Å². The molecule has 0 bridgehead atoms. The molecule has 2 aromatic carbocycles. The van der Waals surface area contributed by atoms with E-state index in [2.05, 4.69) is 10.0 Å². The van der Waals surface area contributed by atoms with Crippen molar-refractivity contribution in [2.75, 3.05) is 19.7 Å². The van der Waals surface area contributed by atoms with Gasteiger partial charge in [0.05, 0.1) is 11.6 Å². The number of halogens is 2. The van der Waals surface area contributed by atoms with Crippen LogP contribution in [-0.4, -0.2) is 34.0 Å². The van der Waals surface area contributed by atoms with E-state index in [1.807, 2.05) is 0 Å². The third kappa shape index (κ3) is 6.49. The van der Waals surface area contributed by atoms with Crippen molar-refractivity contribution in [3.63, 3.8) is 0 Å². The summed E-state index contributed by atoms with van der Waals surface area (Å²) in [5.74, 6) is 0.320. The van der Waals surface area contributed by atoms with Crippen molar-refractivity contribution >= 4 is 39.1 Å². The van der Waals surface area contributed by atoms with E-state index in [0.717, 1.165) is 0 Å². The summed E-state index contributed by atoms with van der Waals surface area (Å²) in [6.45, 7) is 0.536. The number of carbonyl (C=O) groups is 1. The molecule has 0 atom stereocenters. The second-order valence-electron chi connectivity index (χ2n) is 5.23. The van der Waals surface area contributed by atoms with Crippen molar-refractivity contribution in [1.29, 1.82) is 0 Å². The van der Waals surface area contributed by atoms with Crippen LogP contribution in [0.15, 0.2) is 53.4 Å². The van der Waals surface area contributed by atoms with E-state index in [1.54, 1.807) is 36.4 Å². The summed E-state index contributed by atoms with van der Waals surface area (Å²) in [4.78, 5) is 11.7. The van der Waals surface area contributed by atoms with Crippen LogP contribution in [0.3, 0.4) is 0 Å². The molecule has 0 heterocycles. The molecule has 0 unspecified atom stereocenters. The number of ether oxygens (including phenoxy) is 1. The summed E-state index contributed by atoms with van der Waals surface area (Å²) >= 11 is 11.7. The van der Waals surface area contributed by atoms with Crippen LogP contribution in [-0.2, 0) is 14.8 Å². The maximum atomic E-state index is 12.1. The van der Waals surface area contributed by atoms with Crippen LogP contribution in [0, 0.1) is 0 Å². The predicted molar refractivity (Wildman–Crippen MR) is 101 cm³/mol. The number of benzene rings is 2. The van der Waals surface area contributed by atoms with E-state index in [1.165, 1.54) is 12.1 Å². The molecule has 0 radical (unpaired) electrons. The van der Waals surface area contributed by atoms with Gasteiger partial charge in [-0.15, -0.1) is 0 Å². The smallest absolute Gasteiger partial charge is 0.242 e. The zero-order chi connectivity index (χ0) is 19.0. The minimum absolute atomic E-state index is 0.000841. The summed E-state index contributed by atoms with van der Waals surface area (Å²) in [7, 11) is -3.75. The van der Waals surface area contributed by atoms with E-state index in [0.29, 0.717) is 17.3 Å². The van der Waals surface area contributed by atoms with E-state index >= 15 is 0 Å². The third-order valence-electron chi connectivity index (χ3n) is 3.26. The molecule has 0 aliphatic carbocycles. The molecule has 140 valence electrons. The Bertz CT molecular complexity index is 859. The average molecular weight is 417 g/mol. The molecule has 26 heavy (non-hydrogen) atoms. The highest BCUT2D eigenvalue weighted by molar-refractivity contribution is 7.89. The van der Waals surface area contributed by atoms with Crippen molar-refractivity contribution in [2.24, 2.45) is 0 Å². The fourth-order valence-corrected chi connectivity index (χ4v) is 3.77. The molecule has 0 fully saturated rings. The second kappa shape index (κ2) is 9.78. The Kier molecular flexibility index (Phi) is 7.71. The van der Waals surface area contributed by atoms with Gasteiger partial charge < -0.3 is 10.1 Å². The molecule has 9 heteroatoms. The normalized spacial score (nSPS) is 11.2. The Hall–Kier alpha value is -1.80. The van der Waals surface area contributed by atoms with Crippen LogP contribution in [0.1, 0.15) is 6.42 Å². The van der Waals surface area contributed by atoms with Crippen molar-refractivity contribution in [3.8, 4) is 5.75 Å². The fourth-order valence-electron chi connectivity index (χ4n) is 2.04. The maximum absolute atomic E-state index is 12.1. The molecular formula is C17H18Cl2N2O4S. The molecule has 2 N–H and O–H groups in total. The number of sulfonamides is 1. The van der Waals surface area contributed by atoms with Crippen molar-refractivity contribution < 1.29 is 17.9 Å². The number of hydrogen-bond acceptors (Lipinski definition) is 4. The molecule has 0 aromatic heterocycles. The van der Waals surface area contributed by atoms with Gasteiger partial charge in [-0.05, 0) is 30.3 Å². The molecular weight excluding hydrogens is 399 g/mol. The molecule has 0 saturated heterocycles. The van der Waals surface area contributed by atoms with Crippen LogP contribution in [0.2, 0.25) is 10.0 Å². The molecule has 0 saturated carbocycles. The second-order valence-corrected chi connectivity index (χ2v) is 7.81. The van der Waals surface area contributed by atoms with E-state index in [4.69, 9.17) is 27.9 Å². The Labute approximate surface area is 162 Å². The lowest BCUT2D eigenvalue weighted by molar-refractivity contribution is -0.121. The minimum Gasteiger partial charge on any atom is -0.492 e. The lowest BCUT2D eigenvalue weighted by Gasteiger charge is -2.09. The fraction of sp³-hybridized carbons (Fsp3) is 0.235. The zero-order valence-electron chi connectivity index (χ0n) is 13.7. The maximum Gasteiger partial charge on any atom is 0.242 e. The summed E-state index contributed by atoms with van der Waals surface area (Å²) in [6, 6.07) is 13.0. The Morgan fingerprint density at radius 2 is 1.81 bits per heavy atom. The predicted octanol–water partition coefficient (Wildman–Crippen LogP) is 2.86. The largest absolute Gasteiger partial charge is 0.492 e. The quantitative estimate of drug-likeness (QED) is 0.615. The Morgan fingerprint density at radius 3 is 2.54 bits per heavy atom. The minimum atomic E-state index is -3.75. The van der Waals surface area contributed by atoms with Gasteiger partial charge in [0.15, 0.2) is 0 Å². The van der Waals surface area contributed by atoms with Gasteiger partial charge in [-0.1, -0.05) is 41.4 Å². The van der Waals surface area contributed by atoms with Crippen molar-refractivity contribution in [2.45, 2.75) is 11.3 Å². The van der Waals surface area contributed by atoms with Crippen LogP contribution in [0.5, 0.6) is 5.75 Å². The first-order valence-corrected chi connectivity index (χ1v) is 10.0. The summed E-state index contributed by atoms with van der Waals surface area (Å²) in [6.07, 6.45) is 0.000841. The van der Waals surface area contributed by atoms with Crippen LogP contribution in [0.4, 0.5) is 0 Å². The first-order chi connectivity index (χ1) is 12.4. The van der Waals surface area contributed by atoms with Gasteiger partial charge in [0.25, 0.3) is 0 Å².